The molecule has 0 saturated heterocycles. The first-order valence-corrected chi connectivity index (χ1v) is 15.2. The van der Waals surface area contributed by atoms with Crippen LogP contribution in [0.4, 0.5) is 17.1 Å². The average Bonchev–Trinajstić information content (AvgIpc) is 3.47. The van der Waals surface area contributed by atoms with Gasteiger partial charge in [-0.2, -0.15) is 0 Å². The maximum atomic E-state index is 2.40. The number of anilines is 3. The number of para-hydroxylation sites is 2. The third-order valence-corrected chi connectivity index (χ3v) is 8.70. The fourth-order valence-corrected chi connectivity index (χ4v) is 6.52. The second-order valence-electron chi connectivity index (χ2n) is 11.4. The van der Waals surface area contributed by atoms with Gasteiger partial charge in [0.1, 0.15) is 0 Å². The monoisotopic (exact) mass is 561 g/mol. The number of nitrogens with zero attached hydrogens (tertiary/aromatic N) is 1. The minimum atomic E-state index is 0.980. The van der Waals surface area contributed by atoms with Gasteiger partial charge in [0.2, 0.25) is 0 Å². The molecule has 44 heavy (non-hydrogen) atoms. The highest BCUT2D eigenvalue weighted by atomic mass is 15.1. The van der Waals surface area contributed by atoms with E-state index in [1.807, 2.05) is 0 Å². The zero-order valence-electron chi connectivity index (χ0n) is 24.4. The van der Waals surface area contributed by atoms with Crippen LogP contribution >= 0.6 is 0 Å². The summed E-state index contributed by atoms with van der Waals surface area (Å²) in [6, 6.07) is 63.5. The Labute approximate surface area is 259 Å². The molecule has 7 aromatic rings. The number of rotatable bonds is 6. The first kappa shape index (κ1) is 26.0. The third kappa shape index (κ3) is 4.79. The molecule has 0 spiro atoms. The highest BCUT2D eigenvalue weighted by Crippen LogP contribution is 2.43. The third-order valence-electron chi connectivity index (χ3n) is 8.70. The Hall–Kier alpha value is -5.66. The van der Waals surface area contributed by atoms with Gasteiger partial charge in [-0.25, -0.2) is 0 Å². The van der Waals surface area contributed by atoms with Crippen LogP contribution in [0.15, 0.2) is 176 Å². The molecule has 0 aromatic heterocycles. The van der Waals surface area contributed by atoms with Crippen molar-refractivity contribution in [3.05, 3.63) is 187 Å². The summed E-state index contributed by atoms with van der Waals surface area (Å²) in [6.07, 6.45) is 0.980. The zero-order chi connectivity index (χ0) is 29.3. The molecule has 8 rings (SSSR count). The van der Waals surface area contributed by atoms with Crippen LogP contribution in [0.2, 0.25) is 0 Å². The molecule has 0 aliphatic heterocycles. The predicted molar refractivity (Wildman–Crippen MR) is 186 cm³/mol. The second-order valence-corrected chi connectivity index (χ2v) is 11.4. The Kier molecular flexibility index (Phi) is 6.62. The second kappa shape index (κ2) is 11.2. The summed E-state index contributed by atoms with van der Waals surface area (Å²) in [5, 5.41) is 0. The fourth-order valence-electron chi connectivity index (χ4n) is 6.52. The van der Waals surface area contributed by atoms with E-state index in [2.05, 4.69) is 181 Å². The molecule has 0 bridgehead atoms. The lowest BCUT2D eigenvalue weighted by molar-refractivity contribution is 1.26. The van der Waals surface area contributed by atoms with Crippen molar-refractivity contribution in [2.45, 2.75) is 6.42 Å². The van der Waals surface area contributed by atoms with Crippen LogP contribution in [0.1, 0.15) is 11.1 Å². The van der Waals surface area contributed by atoms with Gasteiger partial charge in [-0.3, -0.25) is 0 Å². The standard InChI is InChI=1S/C43H31N/c1-4-12-32(13-5-1)40-18-10-11-19-41(40)36-23-22-35-28-34-21-20-33(29-42(34)43(35)30-36)31-24-26-39(27-25-31)44(37-14-6-2-7-15-37)38-16-8-3-9-17-38/h1-27,29-30H,28H2. The Morgan fingerprint density at radius 2 is 0.727 bits per heavy atom. The van der Waals surface area contributed by atoms with E-state index in [4.69, 9.17) is 0 Å². The van der Waals surface area contributed by atoms with Crippen LogP contribution in [0.25, 0.3) is 44.5 Å². The Morgan fingerprint density at radius 1 is 0.295 bits per heavy atom. The summed E-state index contributed by atoms with van der Waals surface area (Å²) >= 11 is 0. The summed E-state index contributed by atoms with van der Waals surface area (Å²) < 4.78 is 0. The summed E-state index contributed by atoms with van der Waals surface area (Å²) in [4.78, 5) is 2.30. The molecule has 0 heterocycles. The van der Waals surface area contributed by atoms with E-state index in [9.17, 15) is 0 Å². The van der Waals surface area contributed by atoms with Gasteiger partial charge in [-0.1, -0.05) is 127 Å². The van der Waals surface area contributed by atoms with Crippen molar-refractivity contribution in [2.24, 2.45) is 0 Å². The number of fused-ring (bicyclic) bond motifs is 3. The minimum absolute atomic E-state index is 0.980. The van der Waals surface area contributed by atoms with Gasteiger partial charge in [-0.15, -0.1) is 0 Å². The van der Waals surface area contributed by atoms with Gasteiger partial charge < -0.3 is 4.90 Å². The Morgan fingerprint density at radius 3 is 1.32 bits per heavy atom. The van der Waals surface area contributed by atoms with E-state index in [0.29, 0.717) is 0 Å². The van der Waals surface area contributed by atoms with Crippen molar-refractivity contribution in [3.63, 3.8) is 0 Å². The number of hydrogen-bond donors (Lipinski definition) is 0. The van der Waals surface area contributed by atoms with Crippen LogP contribution in [-0.4, -0.2) is 0 Å². The summed E-state index contributed by atoms with van der Waals surface area (Å²) in [5.41, 5.74) is 16.4. The molecule has 0 saturated carbocycles. The van der Waals surface area contributed by atoms with E-state index in [1.165, 1.54) is 55.6 Å². The fraction of sp³-hybridized carbons (Fsp3) is 0.0233. The molecule has 0 unspecified atom stereocenters. The lowest BCUT2D eigenvalue weighted by Crippen LogP contribution is -2.09. The van der Waals surface area contributed by atoms with Gasteiger partial charge in [0.25, 0.3) is 0 Å². The summed E-state index contributed by atoms with van der Waals surface area (Å²) in [5.74, 6) is 0. The number of benzene rings is 7. The van der Waals surface area contributed by atoms with Crippen LogP contribution in [-0.2, 0) is 6.42 Å². The highest BCUT2D eigenvalue weighted by molar-refractivity contribution is 5.89. The van der Waals surface area contributed by atoms with Crippen molar-refractivity contribution in [2.75, 3.05) is 4.90 Å². The lowest BCUT2D eigenvalue weighted by Gasteiger charge is -2.25. The van der Waals surface area contributed by atoms with E-state index in [0.717, 1.165) is 23.5 Å². The van der Waals surface area contributed by atoms with Crippen molar-refractivity contribution in [1.82, 2.24) is 0 Å². The molecule has 0 radical (unpaired) electrons. The average molecular weight is 562 g/mol. The van der Waals surface area contributed by atoms with E-state index in [-0.39, 0.29) is 0 Å². The molecule has 7 aromatic carbocycles. The summed E-state index contributed by atoms with van der Waals surface area (Å²) in [7, 11) is 0. The molecule has 0 fully saturated rings. The van der Waals surface area contributed by atoms with Gasteiger partial charge >= 0.3 is 0 Å². The van der Waals surface area contributed by atoms with Gasteiger partial charge in [-0.05, 0) is 111 Å². The van der Waals surface area contributed by atoms with Gasteiger partial charge in [0.15, 0.2) is 0 Å². The number of hydrogen-bond acceptors (Lipinski definition) is 1. The van der Waals surface area contributed by atoms with E-state index >= 15 is 0 Å². The van der Waals surface area contributed by atoms with Crippen molar-refractivity contribution in [3.8, 4) is 44.5 Å². The quantitative estimate of drug-likeness (QED) is 0.195. The molecule has 1 heteroatoms. The molecule has 1 aliphatic rings. The van der Waals surface area contributed by atoms with E-state index < -0.39 is 0 Å². The van der Waals surface area contributed by atoms with Crippen molar-refractivity contribution < 1.29 is 0 Å². The van der Waals surface area contributed by atoms with Crippen LogP contribution < -0.4 is 4.90 Å². The van der Waals surface area contributed by atoms with Crippen LogP contribution in [0.3, 0.4) is 0 Å². The predicted octanol–water partition coefficient (Wildman–Crippen LogP) is 11.7. The first-order valence-electron chi connectivity index (χ1n) is 15.2. The lowest BCUT2D eigenvalue weighted by atomic mass is 9.92. The van der Waals surface area contributed by atoms with Crippen LogP contribution in [0.5, 0.6) is 0 Å². The van der Waals surface area contributed by atoms with Crippen molar-refractivity contribution in [1.29, 1.82) is 0 Å². The zero-order valence-corrected chi connectivity index (χ0v) is 24.4. The molecule has 1 nitrogen and oxygen atoms in total. The molecule has 208 valence electrons. The molecular formula is C43H31N. The van der Waals surface area contributed by atoms with Gasteiger partial charge in [0.05, 0.1) is 0 Å². The Balaban J connectivity index is 1.14. The molecule has 0 amide bonds. The van der Waals surface area contributed by atoms with Crippen LogP contribution in [0, 0.1) is 0 Å². The van der Waals surface area contributed by atoms with E-state index in [1.54, 1.807) is 0 Å². The highest BCUT2D eigenvalue weighted by Gasteiger charge is 2.21. The molecular weight excluding hydrogens is 530 g/mol. The smallest absolute Gasteiger partial charge is 0.0462 e. The summed E-state index contributed by atoms with van der Waals surface area (Å²) in [6.45, 7) is 0. The SMILES string of the molecule is c1ccc(-c2ccccc2-c2ccc3c(c2)-c2cc(-c4ccc(N(c5ccccc5)c5ccccc5)cc4)ccc2C3)cc1. The topological polar surface area (TPSA) is 3.24 Å². The Bertz CT molecular complexity index is 2020. The first-order chi connectivity index (χ1) is 21.8. The largest absolute Gasteiger partial charge is 0.311 e. The maximum Gasteiger partial charge on any atom is 0.0462 e. The maximum absolute atomic E-state index is 2.40. The molecule has 0 N–H and O–H groups in total. The molecule has 0 atom stereocenters. The minimum Gasteiger partial charge on any atom is -0.311 e. The van der Waals surface area contributed by atoms with Crippen molar-refractivity contribution >= 4 is 17.1 Å². The normalized spacial score (nSPS) is 11.5. The van der Waals surface area contributed by atoms with Gasteiger partial charge in [0, 0.05) is 17.1 Å². The molecule has 1 aliphatic carbocycles.